The molecule has 0 atom stereocenters. The van der Waals surface area contributed by atoms with Gasteiger partial charge < -0.3 is 20.7 Å². The third kappa shape index (κ3) is 3.97. The van der Waals surface area contributed by atoms with Crippen molar-refractivity contribution in [3.8, 4) is 22.9 Å². The largest absolute Gasteiger partial charge is 0.398 e. The molecule has 10 heteroatoms. The first-order chi connectivity index (χ1) is 15.0. The van der Waals surface area contributed by atoms with Gasteiger partial charge in [-0.15, -0.1) is 4.68 Å². The number of hydrogen-bond acceptors (Lipinski definition) is 6. The first-order valence-electron chi connectivity index (χ1n) is 9.39. The maximum absolute atomic E-state index is 12.0. The molecule has 1 aromatic heterocycles. The highest BCUT2D eigenvalue weighted by Gasteiger charge is 2.25. The molecule has 0 aliphatic carbocycles. The van der Waals surface area contributed by atoms with Crippen LogP contribution in [0, 0.1) is 21.4 Å². The van der Waals surface area contributed by atoms with Gasteiger partial charge in [0.05, 0.1) is 23.1 Å². The number of carbonyl (C=O) groups is 2. The van der Waals surface area contributed by atoms with Gasteiger partial charge in [0.25, 0.3) is 5.91 Å². The summed E-state index contributed by atoms with van der Waals surface area (Å²) < 4.78 is 1.36. The Bertz CT molecular complexity index is 1260. The molecule has 2 N–H and O–H groups in total. The average molecular weight is 416 g/mol. The van der Waals surface area contributed by atoms with Gasteiger partial charge in [-0.3, -0.25) is 9.59 Å². The third-order valence-corrected chi connectivity index (χ3v) is 4.84. The number of amides is 2. The molecule has 2 heterocycles. The Morgan fingerprint density at radius 1 is 1.29 bits per heavy atom. The third-order valence-electron chi connectivity index (χ3n) is 4.84. The predicted molar refractivity (Wildman–Crippen MR) is 111 cm³/mol. The van der Waals surface area contributed by atoms with E-state index in [1.807, 2.05) is 0 Å². The van der Waals surface area contributed by atoms with E-state index < -0.39 is 10.8 Å². The summed E-state index contributed by atoms with van der Waals surface area (Å²) in [5.41, 5.74) is 3.23. The number of anilines is 1. The molecule has 0 radical (unpaired) electrons. The lowest BCUT2D eigenvalue weighted by atomic mass is 9.96. The van der Waals surface area contributed by atoms with E-state index in [2.05, 4.69) is 15.7 Å². The topological polar surface area (TPSA) is 143 Å². The molecular formula is C21H16N6O4. The number of carbonyl (C=O) groups excluding carboxylic acids is 2. The summed E-state index contributed by atoms with van der Waals surface area (Å²) in [5.74, 6) is -0.933. The van der Waals surface area contributed by atoms with Crippen molar-refractivity contribution >= 4 is 23.3 Å². The van der Waals surface area contributed by atoms with Crippen LogP contribution in [-0.4, -0.2) is 33.1 Å². The molecule has 4 rings (SSSR count). The Labute approximate surface area is 176 Å². The second kappa shape index (κ2) is 8.08. The van der Waals surface area contributed by atoms with Crippen molar-refractivity contribution in [2.45, 2.75) is 12.8 Å². The zero-order chi connectivity index (χ0) is 22.0. The van der Waals surface area contributed by atoms with Gasteiger partial charge in [-0.2, -0.15) is 5.26 Å². The second-order valence-corrected chi connectivity index (χ2v) is 6.88. The number of fused-ring (bicyclic) bond motifs is 1. The fourth-order valence-corrected chi connectivity index (χ4v) is 3.43. The van der Waals surface area contributed by atoms with Crippen molar-refractivity contribution < 1.29 is 14.5 Å². The second-order valence-electron chi connectivity index (χ2n) is 6.88. The van der Waals surface area contributed by atoms with Crippen LogP contribution >= 0.6 is 0 Å². The Kier molecular flexibility index (Phi) is 5.15. The maximum Gasteiger partial charge on any atom is 0.398 e. The van der Waals surface area contributed by atoms with Gasteiger partial charge in [0.1, 0.15) is 12.0 Å². The summed E-state index contributed by atoms with van der Waals surface area (Å²) in [7, 11) is 0. The number of hydrogen-bond donors (Lipinski definition) is 2. The Balaban J connectivity index is 1.72. The molecule has 154 valence electrons. The number of nitrogens with zero attached hydrogens (tertiary/aromatic N) is 4. The molecule has 0 saturated heterocycles. The van der Waals surface area contributed by atoms with Crippen LogP contribution in [0.5, 0.6) is 0 Å². The minimum absolute atomic E-state index is 0.159. The molecule has 0 saturated carbocycles. The summed E-state index contributed by atoms with van der Waals surface area (Å²) in [4.78, 5) is 34.7. The first kappa shape index (κ1) is 19.8. The van der Waals surface area contributed by atoms with Crippen LogP contribution in [0.15, 0.2) is 48.7 Å². The molecule has 10 nitrogen and oxygen atoms in total. The fourth-order valence-electron chi connectivity index (χ4n) is 3.43. The normalized spacial score (nSPS) is 12.4. The molecule has 1 aliphatic heterocycles. The van der Waals surface area contributed by atoms with Crippen molar-refractivity contribution in [1.82, 2.24) is 15.1 Å². The van der Waals surface area contributed by atoms with Crippen LogP contribution in [0.2, 0.25) is 0 Å². The van der Waals surface area contributed by atoms with Gasteiger partial charge in [0.2, 0.25) is 5.91 Å². The van der Waals surface area contributed by atoms with E-state index in [0.29, 0.717) is 41.0 Å². The van der Waals surface area contributed by atoms with Gasteiger partial charge in [0.15, 0.2) is 0 Å². The Hall–Kier alpha value is -4.52. The molecule has 3 aromatic rings. The zero-order valence-corrected chi connectivity index (χ0v) is 16.2. The maximum atomic E-state index is 12.0. The number of rotatable bonds is 5. The quantitative estimate of drug-likeness (QED) is 0.483. The van der Waals surface area contributed by atoms with Crippen LogP contribution in [0.25, 0.3) is 16.8 Å². The van der Waals surface area contributed by atoms with Gasteiger partial charge >= 0.3 is 5.82 Å². The summed E-state index contributed by atoms with van der Waals surface area (Å²) in [6.45, 7) is 0.515. The molecule has 2 amide bonds. The van der Waals surface area contributed by atoms with Crippen LogP contribution in [0.4, 0.5) is 11.5 Å². The van der Waals surface area contributed by atoms with Crippen LogP contribution in [0.1, 0.15) is 22.3 Å². The average Bonchev–Trinajstić information content (AvgIpc) is 3.20. The number of nitrogens with one attached hydrogen (secondary N) is 2. The monoisotopic (exact) mass is 416 g/mol. The predicted octanol–water partition coefficient (Wildman–Crippen LogP) is 2.59. The number of benzene rings is 2. The lowest BCUT2D eigenvalue weighted by Crippen LogP contribution is -2.31. The van der Waals surface area contributed by atoms with E-state index in [9.17, 15) is 19.7 Å². The molecule has 0 unspecified atom stereocenters. The number of nitro groups is 1. The summed E-state index contributed by atoms with van der Waals surface area (Å²) in [6.07, 6.45) is 1.90. The van der Waals surface area contributed by atoms with E-state index >= 15 is 0 Å². The highest BCUT2D eigenvalue weighted by atomic mass is 16.6. The van der Waals surface area contributed by atoms with E-state index in [0.717, 1.165) is 5.56 Å². The van der Waals surface area contributed by atoms with Crippen molar-refractivity contribution in [3.05, 3.63) is 69.9 Å². The number of nitriles is 1. The fraction of sp³-hybridized carbons (Fsp3) is 0.143. The molecule has 0 spiro atoms. The SMILES string of the molecule is N#CCC(=O)Nc1cccc(-n2cc(-c3ccc4c(c3)CCNC4=O)c([N+](=O)[O-])n2)c1. The van der Waals surface area contributed by atoms with Gasteiger partial charge in [0, 0.05) is 17.8 Å². The van der Waals surface area contributed by atoms with Crippen molar-refractivity contribution in [1.29, 1.82) is 5.26 Å². The molecule has 2 aromatic carbocycles. The van der Waals surface area contributed by atoms with E-state index in [1.165, 1.54) is 4.68 Å². The zero-order valence-electron chi connectivity index (χ0n) is 16.2. The van der Waals surface area contributed by atoms with Crippen molar-refractivity contribution in [2.24, 2.45) is 0 Å². The molecular weight excluding hydrogens is 400 g/mol. The van der Waals surface area contributed by atoms with E-state index in [1.54, 1.807) is 54.7 Å². The Morgan fingerprint density at radius 2 is 2.13 bits per heavy atom. The lowest BCUT2D eigenvalue weighted by molar-refractivity contribution is -0.389. The Morgan fingerprint density at radius 3 is 2.90 bits per heavy atom. The first-order valence-corrected chi connectivity index (χ1v) is 9.39. The minimum atomic E-state index is -0.559. The lowest BCUT2D eigenvalue weighted by Gasteiger charge is -2.16. The standard InChI is InChI=1S/C21H16N6O4/c22-8-6-19(28)24-15-2-1-3-16(11-15)26-12-18(20(25-26)27(30)31)13-4-5-17-14(10-13)7-9-23-21(17)29/h1-5,10-12H,6-7,9H2,(H,23,29)(H,24,28). The summed E-state index contributed by atoms with van der Waals surface area (Å²) >= 11 is 0. The number of aromatic nitrogens is 2. The van der Waals surface area contributed by atoms with Gasteiger partial charge in [-0.25, -0.2) is 0 Å². The van der Waals surface area contributed by atoms with E-state index in [-0.39, 0.29) is 18.1 Å². The summed E-state index contributed by atoms with van der Waals surface area (Å²) in [5, 5.41) is 29.7. The molecule has 0 bridgehead atoms. The van der Waals surface area contributed by atoms with Gasteiger partial charge in [-0.05, 0) is 52.8 Å². The van der Waals surface area contributed by atoms with Crippen molar-refractivity contribution in [3.63, 3.8) is 0 Å². The molecule has 0 fully saturated rings. The van der Waals surface area contributed by atoms with Crippen LogP contribution in [-0.2, 0) is 11.2 Å². The molecule has 1 aliphatic rings. The van der Waals surface area contributed by atoms with Crippen LogP contribution < -0.4 is 10.6 Å². The van der Waals surface area contributed by atoms with Gasteiger partial charge in [-0.1, -0.05) is 12.1 Å². The van der Waals surface area contributed by atoms with Crippen molar-refractivity contribution in [2.75, 3.05) is 11.9 Å². The highest BCUT2D eigenvalue weighted by molar-refractivity contribution is 5.97. The summed E-state index contributed by atoms with van der Waals surface area (Å²) in [6, 6.07) is 13.5. The highest BCUT2D eigenvalue weighted by Crippen LogP contribution is 2.32. The smallest absolute Gasteiger partial charge is 0.358 e. The molecule has 31 heavy (non-hydrogen) atoms. The van der Waals surface area contributed by atoms with E-state index in [4.69, 9.17) is 5.26 Å². The van der Waals surface area contributed by atoms with Crippen LogP contribution in [0.3, 0.4) is 0 Å². The minimum Gasteiger partial charge on any atom is -0.358 e.